The Morgan fingerprint density at radius 3 is 2.69 bits per heavy atom. The Balaban J connectivity index is 2.64. The van der Waals surface area contributed by atoms with Crippen LogP contribution in [-0.2, 0) is 4.79 Å². The second-order valence-electron chi connectivity index (χ2n) is 4.18. The predicted octanol–water partition coefficient (Wildman–Crippen LogP) is 1.18. The van der Waals surface area contributed by atoms with Crippen LogP contribution in [0.2, 0.25) is 0 Å². The highest BCUT2D eigenvalue weighted by atomic mass is 32.2. The van der Waals surface area contributed by atoms with Crippen molar-refractivity contribution in [3.8, 4) is 0 Å². The van der Waals surface area contributed by atoms with E-state index in [-0.39, 0.29) is 6.04 Å². The summed E-state index contributed by atoms with van der Waals surface area (Å²) in [6, 6.07) is -0.222. The van der Waals surface area contributed by atoms with E-state index >= 15 is 0 Å². The van der Waals surface area contributed by atoms with Crippen LogP contribution < -0.4 is 5.73 Å². The van der Waals surface area contributed by atoms with Crippen LogP contribution in [0.15, 0.2) is 0 Å². The topological polar surface area (TPSA) is 63.3 Å². The molecule has 1 saturated heterocycles. The quantitative estimate of drug-likeness (QED) is 0.723. The Labute approximate surface area is 83.1 Å². The van der Waals surface area contributed by atoms with E-state index in [0.717, 1.165) is 17.9 Å². The van der Waals surface area contributed by atoms with Crippen LogP contribution in [0, 0.1) is 11.3 Å². The van der Waals surface area contributed by atoms with Crippen molar-refractivity contribution in [2.24, 2.45) is 17.1 Å². The number of thioether (sulfide) groups is 1. The summed E-state index contributed by atoms with van der Waals surface area (Å²) in [5.74, 6) is 1.71. The Hall–Kier alpha value is -0.220. The predicted molar refractivity (Wildman–Crippen MR) is 54.8 cm³/mol. The van der Waals surface area contributed by atoms with Gasteiger partial charge < -0.3 is 10.8 Å². The van der Waals surface area contributed by atoms with E-state index in [9.17, 15) is 4.79 Å². The van der Waals surface area contributed by atoms with Gasteiger partial charge in [0.25, 0.3) is 0 Å². The molecule has 0 spiro atoms. The van der Waals surface area contributed by atoms with Crippen LogP contribution in [0.5, 0.6) is 0 Å². The number of hydrogen-bond donors (Lipinski definition) is 2. The van der Waals surface area contributed by atoms with Gasteiger partial charge in [0.1, 0.15) is 0 Å². The van der Waals surface area contributed by atoms with Crippen LogP contribution in [0.4, 0.5) is 0 Å². The Morgan fingerprint density at radius 2 is 2.31 bits per heavy atom. The molecule has 0 aliphatic carbocycles. The standard InChI is InChI=1S/C9H17NO2S/c1-9(2,8(11)12)7(10)6-3-4-13-5-6/h6-7H,3-5,10H2,1-2H3,(H,11,12). The molecule has 4 heteroatoms. The summed E-state index contributed by atoms with van der Waals surface area (Å²) in [4.78, 5) is 10.9. The largest absolute Gasteiger partial charge is 0.481 e. The third-order valence-electron chi connectivity index (χ3n) is 2.86. The average Bonchev–Trinajstić information content (AvgIpc) is 2.54. The molecule has 1 aliphatic heterocycles. The fraction of sp³-hybridized carbons (Fsp3) is 0.889. The van der Waals surface area contributed by atoms with Gasteiger partial charge in [0.2, 0.25) is 0 Å². The zero-order valence-electron chi connectivity index (χ0n) is 8.12. The maximum atomic E-state index is 10.9. The van der Waals surface area contributed by atoms with Crippen LogP contribution >= 0.6 is 11.8 Å². The van der Waals surface area contributed by atoms with Crippen molar-refractivity contribution in [3.05, 3.63) is 0 Å². The van der Waals surface area contributed by atoms with Gasteiger partial charge in [-0.1, -0.05) is 0 Å². The first-order chi connectivity index (χ1) is 5.96. The monoisotopic (exact) mass is 203 g/mol. The van der Waals surface area contributed by atoms with Gasteiger partial charge in [-0.3, -0.25) is 4.79 Å². The SMILES string of the molecule is CC(C)(C(=O)O)C(N)C1CCSC1. The number of aliphatic carboxylic acids is 1. The molecule has 0 saturated carbocycles. The minimum absolute atomic E-state index is 0.222. The fourth-order valence-corrected chi connectivity index (χ4v) is 2.88. The van der Waals surface area contributed by atoms with E-state index in [0.29, 0.717) is 5.92 Å². The second-order valence-corrected chi connectivity index (χ2v) is 5.33. The molecule has 0 aromatic carbocycles. The molecule has 0 amide bonds. The smallest absolute Gasteiger partial charge is 0.310 e. The van der Waals surface area contributed by atoms with Crippen molar-refractivity contribution in [3.63, 3.8) is 0 Å². The summed E-state index contributed by atoms with van der Waals surface area (Å²) in [5.41, 5.74) is 5.17. The molecule has 1 heterocycles. The highest BCUT2D eigenvalue weighted by molar-refractivity contribution is 7.99. The zero-order chi connectivity index (χ0) is 10.1. The third kappa shape index (κ3) is 2.17. The Morgan fingerprint density at radius 1 is 1.69 bits per heavy atom. The second kappa shape index (κ2) is 3.88. The molecular formula is C9H17NO2S. The van der Waals surface area contributed by atoms with Gasteiger partial charge in [-0.15, -0.1) is 0 Å². The summed E-state index contributed by atoms with van der Waals surface area (Å²) < 4.78 is 0. The molecule has 76 valence electrons. The van der Waals surface area contributed by atoms with Crippen molar-refractivity contribution in [2.75, 3.05) is 11.5 Å². The lowest BCUT2D eigenvalue weighted by Gasteiger charge is -2.31. The molecular weight excluding hydrogens is 186 g/mol. The van der Waals surface area contributed by atoms with Gasteiger partial charge in [0.05, 0.1) is 5.41 Å². The van der Waals surface area contributed by atoms with Gasteiger partial charge in [0.15, 0.2) is 0 Å². The lowest BCUT2D eigenvalue weighted by atomic mass is 9.78. The summed E-state index contributed by atoms with van der Waals surface area (Å²) >= 11 is 1.87. The van der Waals surface area contributed by atoms with Crippen molar-refractivity contribution in [2.45, 2.75) is 26.3 Å². The number of carboxylic acids is 1. The molecule has 2 unspecified atom stereocenters. The third-order valence-corrected chi connectivity index (χ3v) is 4.05. The van der Waals surface area contributed by atoms with Crippen LogP contribution in [0.25, 0.3) is 0 Å². The number of carboxylic acid groups (broad SMARTS) is 1. The molecule has 0 radical (unpaired) electrons. The van der Waals surface area contributed by atoms with Crippen molar-refractivity contribution in [1.29, 1.82) is 0 Å². The summed E-state index contributed by atoms with van der Waals surface area (Å²) in [6.45, 7) is 3.42. The van der Waals surface area contributed by atoms with E-state index in [4.69, 9.17) is 10.8 Å². The lowest BCUT2D eigenvalue weighted by molar-refractivity contribution is -0.148. The summed E-state index contributed by atoms with van der Waals surface area (Å²) in [5, 5.41) is 8.99. The number of hydrogen-bond acceptors (Lipinski definition) is 3. The molecule has 3 N–H and O–H groups in total. The lowest BCUT2D eigenvalue weighted by Crippen LogP contribution is -2.48. The Kier molecular flexibility index (Phi) is 3.24. The van der Waals surface area contributed by atoms with Gasteiger partial charge in [-0.25, -0.2) is 0 Å². The van der Waals surface area contributed by atoms with Crippen molar-refractivity contribution >= 4 is 17.7 Å². The molecule has 3 nitrogen and oxygen atoms in total. The van der Waals surface area contributed by atoms with E-state index in [1.807, 2.05) is 11.8 Å². The Bertz CT molecular complexity index is 200. The molecule has 1 fully saturated rings. The fourth-order valence-electron chi connectivity index (χ4n) is 1.57. The minimum atomic E-state index is -0.796. The minimum Gasteiger partial charge on any atom is -0.481 e. The van der Waals surface area contributed by atoms with Crippen LogP contribution in [0.1, 0.15) is 20.3 Å². The maximum absolute atomic E-state index is 10.9. The van der Waals surface area contributed by atoms with Crippen molar-refractivity contribution < 1.29 is 9.90 Å². The molecule has 0 aromatic heterocycles. The molecule has 13 heavy (non-hydrogen) atoms. The average molecular weight is 203 g/mol. The molecule has 0 bridgehead atoms. The van der Waals surface area contributed by atoms with Gasteiger partial charge in [-0.05, 0) is 37.7 Å². The molecule has 1 aliphatic rings. The first kappa shape index (κ1) is 10.9. The molecule has 0 aromatic rings. The number of carbonyl (C=O) groups is 1. The van der Waals surface area contributed by atoms with Gasteiger partial charge in [0, 0.05) is 6.04 Å². The molecule has 2 atom stereocenters. The van der Waals surface area contributed by atoms with Gasteiger partial charge >= 0.3 is 5.97 Å². The van der Waals surface area contributed by atoms with E-state index in [1.165, 1.54) is 0 Å². The van der Waals surface area contributed by atoms with E-state index in [1.54, 1.807) is 13.8 Å². The van der Waals surface area contributed by atoms with Gasteiger partial charge in [-0.2, -0.15) is 11.8 Å². The van der Waals surface area contributed by atoms with E-state index in [2.05, 4.69) is 0 Å². The maximum Gasteiger partial charge on any atom is 0.310 e. The zero-order valence-corrected chi connectivity index (χ0v) is 8.93. The van der Waals surface area contributed by atoms with Crippen molar-refractivity contribution in [1.82, 2.24) is 0 Å². The van der Waals surface area contributed by atoms with Crippen LogP contribution in [-0.4, -0.2) is 28.6 Å². The first-order valence-electron chi connectivity index (χ1n) is 4.53. The highest BCUT2D eigenvalue weighted by Gasteiger charge is 2.39. The number of nitrogens with two attached hydrogens (primary N) is 1. The highest BCUT2D eigenvalue weighted by Crippen LogP contribution is 2.33. The molecule has 1 rings (SSSR count). The first-order valence-corrected chi connectivity index (χ1v) is 5.68. The number of rotatable bonds is 3. The summed E-state index contributed by atoms with van der Waals surface area (Å²) in [6.07, 6.45) is 1.06. The van der Waals surface area contributed by atoms with Crippen LogP contribution in [0.3, 0.4) is 0 Å². The normalized spacial score (nSPS) is 25.9. The summed E-state index contributed by atoms with van der Waals surface area (Å²) in [7, 11) is 0. The van der Waals surface area contributed by atoms with E-state index < -0.39 is 11.4 Å².